The number of benzene rings is 1. The Bertz CT molecular complexity index is 890. The van der Waals surface area contributed by atoms with Gasteiger partial charge in [-0.1, -0.05) is 18.2 Å². The lowest BCUT2D eigenvalue weighted by atomic mass is 10.2. The van der Waals surface area contributed by atoms with Gasteiger partial charge in [-0.25, -0.2) is 13.2 Å². The van der Waals surface area contributed by atoms with Crippen LogP contribution in [0.25, 0.3) is 0 Å². The number of sulfone groups is 1. The molecule has 9 heteroatoms. The Labute approximate surface area is 148 Å². The van der Waals surface area contributed by atoms with Gasteiger partial charge in [-0.3, -0.25) is 4.79 Å². The van der Waals surface area contributed by atoms with E-state index < -0.39 is 27.8 Å². The van der Waals surface area contributed by atoms with Crippen LogP contribution in [0.2, 0.25) is 0 Å². The van der Waals surface area contributed by atoms with E-state index in [9.17, 15) is 18.0 Å². The van der Waals surface area contributed by atoms with Crippen LogP contribution in [-0.4, -0.2) is 56.1 Å². The van der Waals surface area contributed by atoms with Gasteiger partial charge in [-0.15, -0.1) is 11.3 Å². The lowest BCUT2D eigenvalue weighted by Gasteiger charge is -2.30. The highest BCUT2D eigenvalue weighted by Crippen LogP contribution is 2.28. The van der Waals surface area contributed by atoms with Crippen molar-refractivity contribution in [2.24, 2.45) is 0 Å². The van der Waals surface area contributed by atoms with Gasteiger partial charge < -0.3 is 14.7 Å². The predicted octanol–water partition coefficient (Wildman–Crippen LogP) is 1.51. The average molecular weight is 381 g/mol. The van der Waals surface area contributed by atoms with Crippen LogP contribution in [0.5, 0.6) is 0 Å². The van der Waals surface area contributed by atoms with Gasteiger partial charge >= 0.3 is 5.97 Å². The number of carbonyl (C=O) groups excluding carboxylic acids is 1. The molecule has 2 aromatic rings. The van der Waals surface area contributed by atoms with Crippen LogP contribution >= 0.6 is 11.3 Å². The van der Waals surface area contributed by atoms with E-state index in [4.69, 9.17) is 9.84 Å². The minimum absolute atomic E-state index is 0.0627. The minimum atomic E-state index is -3.68. The molecule has 1 saturated heterocycles. The fourth-order valence-electron chi connectivity index (χ4n) is 2.43. The number of morpholine rings is 1. The number of hydrogen-bond donors (Lipinski definition) is 1. The van der Waals surface area contributed by atoms with Crippen LogP contribution in [-0.2, 0) is 19.4 Å². The number of amides is 1. The molecule has 1 aliphatic rings. The summed E-state index contributed by atoms with van der Waals surface area (Å²) >= 11 is 0.879. The normalized spacial score (nSPS) is 18.1. The van der Waals surface area contributed by atoms with Gasteiger partial charge in [-0.05, 0) is 24.3 Å². The van der Waals surface area contributed by atoms with Gasteiger partial charge in [-0.2, -0.15) is 0 Å². The SMILES string of the molecule is O=C(O)[C@@H]1CN(C(=O)c2ccc(S(=O)(=O)c3ccccc3)s2)CCO1. The summed E-state index contributed by atoms with van der Waals surface area (Å²) in [6.45, 7) is 0.331. The van der Waals surface area contributed by atoms with E-state index in [1.54, 1.807) is 18.2 Å². The molecule has 0 saturated carbocycles. The third-order valence-electron chi connectivity index (χ3n) is 3.74. The van der Waals surface area contributed by atoms with Gasteiger partial charge in [0.2, 0.25) is 9.84 Å². The molecule has 1 fully saturated rings. The summed E-state index contributed by atoms with van der Waals surface area (Å²) in [5, 5.41) is 9.01. The monoisotopic (exact) mass is 381 g/mol. The largest absolute Gasteiger partial charge is 0.479 e. The first-order valence-corrected chi connectivity index (χ1v) is 9.73. The lowest BCUT2D eigenvalue weighted by molar-refractivity contribution is -0.154. The van der Waals surface area contributed by atoms with Crippen LogP contribution in [0.1, 0.15) is 9.67 Å². The molecule has 0 spiro atoms. The van der Waals surface area contributed by atoms with Crippen molar-refractivity contribution in [3.63, 3.8) is 0 Å². The molecule has 7 nitrogen and oxygen atoms in total. The number of aliphatic carboxylic acids is 1. The van der Waals surface area contributed by atoms with Gasteiger partial charge in [0.05, 0.1) is 22.9 Å². The summed E-state index contributed by atoms with van der Waals surface area (Å²) < 4.78 is 30.3. The van der Waals surface area contributed by atoms with E-state index in [1.165, 1.54) is 29.2 Å². The number of thiophene rings is 1. The molecular formula is C16H15NO6S2. The molecule has 2 heterocycles. The van der Waals surface area contributed by atoms with Crippen molar-refractivity contribution < 1.29 is 27.9 Å². The number of carbonyl (C=O) groups is 2. The van der Waals surface area contributed by atoms with Crippen molar-refractivity contribution in [2.45, 2.75) is 15.2 Å². The molecule has 3 rings (SSSR count). The van der Waals surface area contributed by atoms with E-state index >= 15 is 0 Å². The predicted molar refractivity (Wildman–Crippen MR) is 89.5 cm³/mol. The zero-order valence-corrected chi connectivity index (χ0v) is 14.6. The van der Waals surface area contributed by atoms with E-state index in [1.807, 2.05) is 0 Å². The number of rotatable bonds is 4. The van der Waals surface area contributed by atoms with E-state index in [0.717, 1.165) is 11.3 Å². The number of nitrogens with zero attached hydrogens (tertiary/aromatic N) is 1. The minimum Gasteiger partial charge on any atom is -0.479 e. The molecule has 0 radical (unpaired) electrons. The molecule has 1 atom stereocenters. The zero-order chi connectivity index (χ0) is 18.0. The first-order chi connectivity index (χ1) is 11.9. The summed E-state index contributed by atoms with van der Waals surface area (Å²) in [5.41, 5.74) is 0. The zero-order valence-electron chi connectivity index (χ0n) is 13.0. The smallest absolute Gasteiger partial charge is 0.334 e. The van der Waals surface area contributed by atoms with Gasteiger partial charge in [0.1, 0.15) is 4.21 Å². The van der Waals surface area contributed by atoms with Crippen molar-refractivity contribution in [2.75, 3.05) is 19.7 Å². The standard InChI is InChI=1S/C16H15NO6S2/c18-15(17-8-9-23-12(10-17)16(19)20)13-6-7-14(24-13)25(21,22)11-4-2-1-3-5-11/h1-7,12H,8-10H2,(H,19,20)/t12-/m0/s1. The Morgan fingerprint density at radius 1 is 1.16 bits per heavy atom. The first-order valence-electron chi connectivity index (χ1n) is 7.43. The molecule has 1 N–H and O–H groups in total. The van der Waals surface area contributed by atoms with Crippen LogP contribution in [0.4, 0.5) is 0 Å². The third kappa shape index (κ3) is 3.58. The first kappa shape index (κ1) is 17.6. The summed E-state index contributed by atoms with van der Waals surface area (Å²) in [6, 6.07) is 10.8. The molecule has 132 valence electrons. The van der Waals surface area contributed by atoms with E-state index in [0.29, 0.717) is 0 Å². The second-order valence-corrected chi connectivity index (χ2v) is 8.64. The van der Waals surface area contributed by atoms with Gasteiger partial charge in [0.15, 0.2) is 6.10 Å². The Morgan fingerprint density at radius 2 is 1.88 bits per heavy atom. The number of carboxylic acids is 1. The van der Waals surface area contributed by atoms with E-state index in [2.05, 4.69) is 0 Å². The highest BCUT2D eigenvalue weighted by molar-refractivity contribution is 7.93. The van der Waals surface area contributed by atoms with Crippen molar-refractivity contribution in [3.8, 4) is 0 Å². The Kier molecular flexibility index (Phi) is 4.89. The molecule has 0 aliphatic carbocycles. The molecule has 1 amide bonds. The Morgan fingerprint density at radius 3 is 2.56 bits per heavy atom. The highest BCUT2D eigenvalue weighted by Gasteiger charge is 2.31. The number of ether oxygens (including phenoxy) is 1. The second kappa shape index (κ2) is 6.95. The molecule has 25 heavy (non-hydrogen) atoms. The number of carboxylic acid groups (broad SMARTS) is 1. The molecule has 1 aliphatic heterocycles. The molecule has 0 unspecified atom stereocenters. The average Bonchev–Trinajstić information content (AvgIpc) is 3.13. The van der Waals surface area contributed by atoms with Crippen molar-refractivity contribution in [3.05, 3.63) is 47.3 Å². The van der Waals surface area contributed by atoms with Crippen LogP contribution in [0.15, 0.2) is 51.6 Å². The Balaban J connectivity index is 1.82. The summed E-state index contributed by atoms with van der Waals surface area (Å²) in [5.74, 6) is -1.52. The molecule has 0 bridgehead atoms. The lowest BCUT2D eigenvalue weighted by Crippen LogP contribution is -2.48. The maximum absolute atomic E-state index is 12.6. The Hall–Kier alpha value is -2.23. The van der Waals surface area contributed by atoms with Crippen LogP contribution in [0.3, 0.4) is 0 Å². The van der Waals surface area contributed by atoms with Gasteiger partial charge in [0, 0.05) is 6.54 Å². The topological polar surface area (TPSA) is 101 Å². The molecular weight excluding hydrogens is 366 g/mol. The summed E-state index contributed by atoms with van der Waals surface area (Å²) in [6.07, 6.45) is -1.06. The highest BCUT2D eigenvalue weighted by atomic mass is 32.2. The van der Waals surface area contributed by atoms with Crippen molar-refractivity contribution in [1.29, 1.82) is 0 Å². The molecule has 1 aromatic heterocycles. The van der Waals surface area contributed by atoms with Crippen molar-refractivity contribution in [1.82, 2.24) is 4.90 Å². The fourth-order valence-corrected chi connectivity index (χ4v) is 5.13. The second-order valence-electron chi connectivity index (χ2n) is 5.38. The third-order valence-corrected chi connectivity index (χ3v) is 7.07. The molecule has 1 aromatic carbocycles. The summed E-state index contributed by atoms with van der Waals surface area (Å²) in [4.78, 5) is 25.3. The maximum atomic E-state index is 12.6. The summed E-state index contributed by atoms with van der Waals surface area (Å²) in [7, 11) is -3.68. The van der Waals surface area contributed by atoms with E-state index in [-0.39, 0.29) is 33.7 Å². The fraction of sp³-hybridized carbons (Fsp3) is 0.250. The number of hydrogen-bond acceptors (Lipinski definition) is 6. The van der Waals surface area contributed by atoms with Gasteiger partial charge in [0.25, 0.3) is 5.91 Å². The maximum Gasteiger partial charge on any atom is 0.334 e. The van der Waals surface area contributed by atoms with Crippen LogP contribution < -0.4 is 0 Å². The van der Waals surface area contributed by atoms with Crippen LogP contribution in [0, 0.1) is 0 Å². The van der Waals surface area contributed by atoms with Crippen molar-refractivity contribution >= 4 is 33.1 Å². The quantitative estimate of drug-likeness (QED) is 0.861.